The number of nitrogens with zero attached hydrogens (tertiary/aromatic N) is 2. The van der Waals surface area contributed by atoms with Crippen LogP contribution in [0.3, 0.4) is 0 Å². The van der Waals surface area contributed by atoms with Gasteiger partial charge in [0.2, 0.25) is 0 Å². The molecular weight excluding hydrogens is 208 g/mol. The third-order valence-electron chi connectivity index (χ3n) is 2.52. The fourth-order valence-electron chi connectivity index (χ4n) is 1.63. The van der Waals surface area contributed by atoms with Gasteiger partial charge in [0.1, 0.15) is 0 Å². The van der Waals surface area contributed by atoms with E-state index in [-0.39, 0.29) is 0 Å². The molecule has 2 N–H and O–H groups in total. The van der Waals surface area contributed by atoms with Crippen molar-refractivity contribution in [1.82, 2.24) is 15.3 Å². The van der Waals surface area contributed by atoms with Crippen LogP contribution >= 0.6 is 0 Å². The second kappa shape index (κ2) is 5.13. The van der Waals surface area contributed by atoms with Crippen molar-refractivity contribution >= 4 is 5.91 Å². The summed E-state index contributed by atoms with van der Waals surface area (Å²) in [5.41, 5.74) is 0.353. The van der Waals surface area contributed by atoms with E-state index >= 15 is 0 Å². The highest BCUT2D eigenvalue weighted by atomic mass is 16.6. The first-order chi connectivity index (χ1) is 7.79. The van der Waals surface area contributed by atoms with Gasteiger partial charge in [0.25, 0.3) is 0 Å². The molecule has 0 bridgehead atoms. The number of hydrogen-bond donors (Lipinski definition) is 2. The Morgan fingerprint density at radius 2 is 2.25 bits per heavy atom. The first-order valence-corrected chi connectivity index (χ1v) is 5.23. The molecule has 6 nitrogen and oxygen atoms in total. The van der Waals surface area contributed by atoms with Crippen molar-refractivity contribution in [3.8, 4) is 0 Å². The number of hydroxylamine groups is 1. The molecule has 0 saturated carbocycles. The third kappa shape index (κ3) is 2.42. The number of aromatic nitrogens is 1. The zero-order valence-electron chi connectivity index (χ0n) is 8.85. The fraction of sp³-hybridized carbons (Fsp3) is 0.400. The highest BCUT2D eigenvalue weighted by Gasteiger charge is 2.23. The van der Waals surface area contributed by atoms with Crippen molar-refractivity contribution in [3.63, 3.8) is 0 Å². The van der Waals surface area contributed by atoms with Crippen LogP contribution in [-0.4, -0.2) is 42.1 Å². The van der Waals surface area contributed by atoms with Gasteiger partial charge in [0.05, 0.1) is 18.7 Å². The van der Waals surface area contributed by atoms with E-state index < -0.39 is 11.1 Å². The van der Waals surface area contributed by atoms with Crippen molar-refractivity contribution in [3.05, 3.63) is 35.3 Å². The number of rotatable bonds is 2. The molecule has 16 heavy (non-hydrogen) atoms. The lowest BCUT2D eigenvalue weighted by molar-refractivity contribution is -0.895. The van der Waals surface area contributed by atoms with Crippen LogP contribution in [0.1, 0.15) is 10.4 Å². The maximum atomic E-state index is 11.8. The molecule has 1 unspecified atom stereocenters. The highest BCUT2D eigenvalue weighted by Crippen LogP contribution is 1.93. The van der Waals surface area contributed by atoms with Crippen LogP contribution in [0.15, 0.2) is 24.5 Å². The summed E-state index contributed by atoms with van der Waals surface area (Å²) in [6.07, 6.45) is 2.99. The topological polar surface area (TPSA) is 72.7 Å². The molecule has 1 fully saturated rings. The predicted molar refractivity (Wildman–Crippen MR) is 57.3 cm³/mol. The van der Waals surface area contributed by atoms with Crippen molar-refractivity contribution < 1.29 is 9.97 Å². The van der Waals surface area contributed by atoms with Gasteiger partial charge in [-0.25, -0.2) is 9.97 Å². The van der Waals surface area contributed by atoms with Gasteiger partial charge in [0.15, 0.2) is 0 Å². The second-order valence-corrected chi connectivity index (χ2v) is 3.61. The number of piperazine rings is 1. The molecule has 1 aromatic rings. The molecule has 1 saturated heterocycles. The lowest BCUT2D eigenvalue weighted by Crippen LogP contribution is -3.17. The third-order valence-corrected chi connectivity index (χ3v) is 2.52. The Bertz CT molecular complexity index is 351. The summed E-state index contributed by atoms with van der Waals surface area (Å²) >= 11 is 0. The van der Waals surface area contributed by atoms with Crippen LogP contribution < -0.4 is 10.5 Å². The van der Waals surface area contributed by atoms with Gasteiger partial charge in [-0.2, -0.15) is 0 Å². The number of quaternary nitrogens is 1. The van der Waals surface area contributed by atoms with Crippen LogP contribution in [0.4, 0.5) is 0 Å². The van der Waals surface area contributed by atoms with E-state index in [1.165, 1.54) is 6.20 Å². The van der Waals surface area contributed by atoms with Gasteiger partial charge >= 0.3 is 5.91 Å². The minimum absolute atomic E-state index is 0.353. The first-order valence-electron chi connectivity index (χ1n) is 5.23. The maximum absolute atomic E-state index is 11.8. The van der Waals surface area contributed by atoms with Crippen LogP contribution in [0.25, 0.3) is 0 Å². The summed E-state index contributed by atoms with van der Waals surface area (Å²) in [4.78, 5) is 15.6. The van der Waals surface area contributed by atoms with Gasteiger partial charge < -0.3 is 10.5 Å². The maximum Gasteiger partial charge on any atom is 0.365 e. The molecule has 0 aliphatic carbocycles. The Morgan fingerprint density at radius 3 is 2.88 bits per heavy atom. The average Bonchev–Trinajstić information content (AvgIpc) is 2.39. The van der Waals surface area contributed by atoms with E-state index in [0.29, 0.717) is 18.7 Å². The summed E-state index contributed by atoms with van der Waals surface area (Å²) in [6.45, 7) is 2.66. The smallest absolute Gasteiger partial charge is 0.365 e. The minimum atomic E-state index is -0.477. The van der Waals surface area contributed by atoms with Crippen LogP contribution in [0, 0.1) is 5.21 Å². The lowest BCUT2D eigenvalue weighted by Gasteiger charge is -2.34. The summed E-state index contributed by atoms with van der Waals surface area (Å²) < 4.78 is 0. The molecule has 2 rings (SSSR count). The number of nitrogens with one attached hydrogen (secondary N) is 2. The quantitative estimate of drug-likeness (QED) is 0.591. The number of hydrogen-bond acceptors (Lipinski definition) is 5. The van der Waals surface area contributed by atoms with Gasteiger partial charge in [-0.05, 0) is 12.1 Å². The summed E-state index contributed by atoms with van der Waals surface area (Å²) in [5, 5.41) is 16.1. The number of pyridine rings is 1. The Labute approximate surface area is 93.4 Å². The van der Waals surface area contributed by atoms with Gasteiger partial charge in [0, 0.05) is 25.5 Å². The molecule has 1 atom stereocenters. The Morgan fingerprint density at radius 1 is 1.50 bits per heavy atom. The fourth-order valence-corrected chi connectivity index (χ4v) is 1.63. The van der Waals surface area contributed by atoms with Crippen LogP contribution in [0.5, 0.6) is 0 Å². The molecule has 0 aromatic carbocycles. The first kappa shape index (κ1) is 11.2. The highest BCUT2D eigenvalue weighted by molar-refractivity contribution is 5.86. The van der Waals surface area contributed by atoms with E-state index in [1.807, 2.05) is 0 Å². The molecule has 1 aliphatic rings. The Kier molecular flexibility index (Phi) is 3.58. The van der Waals surface area contributed by atoms with E-state index in [9.17, 15) is 10.0 Å². The van der Waals surface area contributed by atoms with E-state index in [2.05, 4.69) is 10.3 Å². The lowest BCUT2D eigenvalue weighted by atomic mass is 10.3. The van der Waals surface area contributed by atoms with E-state index in [4.69, 9.17) is 0 Å². The summed E-state index contributed by atoms with van der Waals surface area (Å²) in [7, 11) is 0. The molecule has 0 radical (unpaired) electrons. The Hall–Kier alpha value is -1.34. The van der Waals surface area contributed by atoms with E-state index in [0.717, 1.165) is 13.1 Å². The van der Waals surface area contributed by atoms with Crippen molar-refractivity contribution in [2.75, 3.05) is 26.2 Å². The zero-order valence-corrected chi connectivity index (χ0v) is 8.85. The number of carbonyl (C=O) groups excluding carboxylic acids is 1. The zero-order chi connectivity index (χ0) is 11.4. The van der Waals surface area contributed by atoms with Crippen LogP contribution in [0.2, 0.25) is 0 Å². The second-order valence-electron chi connectivity index (χ2n) is 3.61. The summed E-state index contributed by atoms with van der Waals surface area (Å²) in [5.74, 6) is -0.477. The number of amides is 1. The average molecular weight is 222 g/mol. The molecule has 1 aliphatic heterocycles. The molecule has 6 heteroatoms. The standard InChI is InChI=1S/C10H14N4O2/c15-10(9-2-1-3-12-8-9)14(16)13-6-4-11-5-7-13/h1-3,8,11,14H,4-7H2. The monoisotopic (exact) mass is 222 g/mol. The van der Waals surface area contributed by atoms with Crippen molar-refractivity contribution in [2.45, 2.75) is 0 Å². The molecule has 86 valence electrons. The van der Waals surface area contributed by atoms with Gasteiger partial charge in [-0.15, -0.1) is 5.01 Å². The summed E-state index contributed by atoms with van der Waals surface area (Å²) in [6, 6.07) is 3.26. The molecular formula is C10H14N4O2. The van der Waals surface area contributed by atoms with Gasteiger partial charge in [-0.3, -0.25) is 4.98 Å². The molecule has 2 heterocycles. The molecule has 0 spiro atoms. The van der Waals surface area contributed by atoms with Crippen molar-refractivity contribution in [2.24, 2.45) is 0 Å². The molecule has 1 aromatic heterocycles. The largest absolute Gasteiger partial charge is 0.605 e. The normalized spacial score (nSPS) is 19.3. The van der Waals surface area contributed by atoms with Crippen molar-refractivity contribution in [1.29, 1.82) is 0 Å². The van der Waals surface area contributed by atoms with Gasteiger partial charge in [-0.1, -0.05) is 0 Å². The predicted octanol–water partition coefficient (Wildman–Crippen LogP) is -1.58. The molecule has 1 amide bonds. The van der Waals surface area contributed by atoms with Crippen LogP contribution in [-0.2, 0) is 0 Å². The number of carbonyl (C=O) groups is 1. The van der Waals surface area contributed by atoms with E-state index in [1.54, 1.807) is 23.3 Å². The minimum Gasteiger partial charge on any atom is -0.605 e. The SMILES string of the molecule is O=C(c1cccnc1)[NH+]([O-])N1CCNCC1. The Balaban J connectivity index is 2.04.